The van der Waals surface area contributed by atoms with Gasteiger partial charge in [-0.3, -0.25) is 4.79 Å². The molecule has 16 heavy (non-hydrogen) atoms. The molecular formula is C12H21NO3. The van der Waals surface area contributed by atoms with Crippen LogP contribution in [-0.4, -0.2) is 25.5 Å². The summed E-state index contributed by atoms with van der Waals surface area (Å²) in [7, 11) is 1.29. The molecule has 0 aromatic carbocycles. The second-order valence-corrected chi connectivity index (χ2v) is 4.92. The van der Waals surface area contributed by atoms with Crippen molar-refractivity contribution in [1.29, 1.82) is 0 Å². The summed E-state index contributed by atoms with van der Waals surface area (Å²) in [6.07, 6.45) is 2.15. The van der Waals surface area contributed by atoms with E-state index in [1.54, 1.807) is 6.92 Å². The first-order chi connectivity index (χ1) is 7.26. The van der Waals surface area contributed by atoms with Gasteiger partial charge in [0.25, 0.3) is 0 Å². The van der Waals surface area contributed by atoms with Crippen LogP contribution in [0.5, 0.6) is 0 Å². The van der Waals surface area contributed by atoms with E-state index in [1.807, 2.05) is 0 Å². The zero-order chi connectivity index (χ0) is 12.8. The van der Waals surface area contributed by atoms with E-state index in [2.05, 4.69) is 30.8 Å². The molecule has 0 aliphatic rings. The van der Waals surface area contributed by atoms with Crippen molar-refractivity contribution in [2.45, 2.75) is 34.1 Å². The molecule has 4 heteroatoms. The summed E-state index contributed by atoms with van der Waals surface area (Å²) >= 11 is 0. The number of hydrogen-bond donors (Lipinski definition) is 1. The average molecular weight is 227 g/mol. The molecule has 0 saturated heterocycles. The first-order valence-electron chi connectivity index (χ1n) is 5.31. The van der Waals surface area contributed by atoms with Crippen LogP contribution >= 0.6 is 0 Å². The van der Waals surface area contributed by atoms with Gasteiger partial charge in [0.2, 0.25) is 5.91 Å². The number of nitrogens with one attached hydrogen (secondary N) is 1. The minimum absolute atomic E-state index is 0.189. The van der Waals surface area contributed by atoms with Crippen LogP contribution in [0.25, 0.3) is 0 Å². The van der Waals surface area contributed by atoms with Gasteiger partial charge in [-0.15, -0.1) is 0 Å². The van der Waals surface area contributed by atoms with Crippen molar-refractivity contribution in [3.05, 3.63) is 11.6 Å². The number of ether oxygens (including phenoxy) is 1. The lowest BCUT2D eigenvalue weighted by Crippen LogP contribution is -2.26. The average Bonchev–Trinajstić information content (AvgIpc) is 2.14. The fourth-order valence-electron chi connectivity index (χ4n) is 1.03. The summed E-state index contributed by atoms with van der Waals surface area (Å²) in [6.45, 7) is 8.47. The Bertz CT molecular complexity index is 287. The molecule has 0 heterocycles. The zero-order valence-corrected chi connectivity index (χ0v) is 10.7. The Kier molecular flexibility index (Phi) is 5.78. The van der Waals surface area contributed by atoms with Crippen molar-refractivity contribution in [2.24, 2.45) is 5.41 Å². The van der Waals surface area contributed by atoms with Gasteiger partial charge in [0.15, 0.2) is 0 Å². The molecule has 0 aliphatic heterocycles. The van der Waals surface area contributed by atoms with Gasteiger partial charge in [0, 0.05) is 18.2 Å². The maximum atomic E-state index is 11.4. The summed E-state index contributed by atoms with van der Waals surface area (Å²) in [6, 6.07) is 0. The molecule has 0 radical (unpaired) electrons. The molecule has 0 atom stereocenters. The number of amides is 1. The van der Waals surface area contributed by atoms with Crippen LogP contribution in [0.4, 0.5) is 0 Å². The van der Waals surface area contributed by atoms with E-state index >= 15 is 0 Å². The molecule has 1 N–H and O–H groups in total. The second kappa shape index (κ2) is 6.30. The highest BCUT2D eigenvalue weighted by molar-refractivity contribution is 5.97. The van der Waals surface area contributed by atoms with Crippen LogP contribution in [0.3, 0.4) is 0 Å². The van der Waals surface area contributed by atoms with Gasteiger partial charge < -0.3 is 10.1 Å². The Morgan fingerprint density at radius 3 is 2.31 bits per heavy atom. The molecule has 0 fully saturated rings. The zero-order valence-electron chi connectivity index (χ0n) is 10.7. The highest BCUT2D eigenvalue weighted by Gasteiger charge is 2.10. The van der Waals surface area contributed by atoms with E-state index < -0.39 is 5.97 Å². The quantitative estimate of drug-likeness (QED) is 0.587. The van der Waals surface area contributed by atoms with Crippen LogP contribution < -0.4 is 5.32 Å². The lowest BCUT2D eigenvalue weighted by molar-refractivity contribution is -0.136. The number of carbonyl (C=O) groups is 2. The molecule has 0 rings (SSSR count). The van der Waals surface area contributed by atoms with E-state index in [1.165, 1.54) is 13.2 Å². The van der Waals surface area contributed by atoms with E-state index in [-0.39, 0.29) is 11.3 Å². The summed E-state index contributed by atoms with van der Waals surface area (Å²) in [5, 5.41) is 2.73. The topological polar surface area (TPSA) is 55.4 Å². The molecule has 0 aliphatic carbocycles. The maximum Gasteiger partial charge on any atom is 0.333 e. The SMILES string of the molecule is COC(=O)/C(C)=C\C(=O)NCCC(C)(C)C. The largest absolute Gasteiger partial charge is 0.466 e. The minimum Gasteiger partial charge on any atom is -0.466 e. The van der Waals surface area contributed by atoms with Crippen LogP contribution in [0.15, 0.2) is 11.6 Å². The van der Waals surface area contributed by atoms with Gasteiger partial charge in [-0.05, 0) is 18.8 Å². The van der Waals surface area contributed by atoms with E-state index in [0.29, 0.717) is 12.1 Å². The van der Waals surface area contributed by atoms with Crippen LogP contribution in [0.2, 0.25) is 0 Å². The highest BCUT2D eigenvalue weighted by atomic mass is 16.5. The van der Waals surface area contributed by atoms with Crippen molar-refractivity contribution in [2.75, 3.05) is 13.7 Å². The monoisotopic (exact) mass is 227 g/mol. The van der Waals surface area contributed by atoms with E-state index in [0.717, 1.165) is 6.42 Å². The van der Waals surface area contributed by atoms with Crippen molar-refractivity contribution < 1.29 is 14.3 Å². The lowest BCUT2D eigenvalue weighted by atomic mass is 9.92. The predicted molar refractivity (Wildman–Crippen MR) is 62.9 cm³/mol. The van der Waals surface area contributed by atoms with Crippen molar-refractivity contribution in [3.8, 4) is 0 Å². The Balaban J connectivity index is 4.05. The highest BCUT2D eigenvalue weighted by Crippen LogP contribution is 2.16. The fraction of sp³-hybridized carbons (Fsp3) is 0.667. The third kappa shape index (κ3) is 7.04. The first kappa shape index (κ1) is 14.7. The van der Waals surface area contributed by atoms with E-state index in [9.17, 15) is 9.59 Å². The molecular weight excluding hydrogens is 206 g/mol. The number of rotatable bonds is 4. The Morgan fingerprint density at radius 1 is 1.31 bits per heavy atom. The molecule has 0 aromatic rings. The van der Waals surface area contributed by atoms with Crippen molar-refractivity contribution in [1.82, 2.24) is 5.32 Å². The second-order valence-electron chi connectivity index (χ2n) is 4.92. The molecule has 0 saturated carbocycles. The van der Waals surface area contributed by atoms with Gasteiger partial charge in [-0.25, -0.2) is 4.79 Å². The Labute approximate surface area is 97.1 Å². The summed E-state index contributed by atoms with van der Waals surface area (Å²) in [5.41, 5.74) is 0.491. The minimum atomic E-state index is -0.481. The summed E-state index contributed by atoms with van der Waals surface area (Å²) in [4.78, 5) is 22.4. The molecule has 0 spiro atoms. The number of esters is 1. The Morgan fingerprint density at radius 2 is 1.88 bits per heavy atom. The molecule has 4 nitrogen and oxygen atoms in total. The van der Waals surface area contributed by atoms with E-state index in [4.69, 9.17) is 0 Å². The third-order valence-corrected chi connectivity index (χ3v) is 2.03. The van der Waals surface area contributed by atoms with Gasteiger partial charge in [0.1, 0.15) is 0 Å². The first-order valence-corrected chi connectivity index (χ1v) is 5.31. The van der Waals surface area contributed by atoms with Gasteiger partial charge in [-0.1, -0.05) is 20.8 Å². The summed E-state index contributed by atoms with van der Waals surface area (Å²) in [5.74, 6) is -0.738. The summed E-state index contributed by atoms with van der Waals surface area (Å²) < 4.78 is 4.48. The standard InChI is InChI=1S/C12H21NO3/c1-9(11(15)16-5)8-10(14)13-7-6-12(2,3)4/h8H,6-7H2,1-5H3,(H,13,14)/b9-8-. The smallest absolute Gasteiger partial charge is 0.333 e. The normalized spacial score (nSPS) is 12.2. The van der Waals surface area contributed by atoms with Crippen LogP contribution in [-0.2, 0) is 14.3 Å². The molecule has 1 amide bonds. The molecule has 0 unspecified atom stereocenters. The van der Waals surface area contributed by atoms with Gasteiger partial charge in [0.05, 0.1) is 7.11 Å². The maximum absolute atomic E-state index is 11.4. The third-order valence-electron chi connectivity index (χ3n) is 2.03. The van der Waals surface area contributed by atoms with Crippen LogP contribution in [0.1, 0.15) is 34.1 Å². The Hall–Kier alpha value is -1.32. The molecule has 0 aromatic heterocycles. The van der Waals surface area contributed by atoms with Gasteiger partial charge >= 0.3 is 5.97 Å². The molecule has 92 valence electrons. The molecule has 0 bridgehead atoms. The number of carbonyl (C=O) groups excluding carboxylic acids is 2. The number of methoxy groups -OCH3 is 1. The fourth-order valence-corrected chi connectivity index (χ4v) is 1.03. The van der Waals surface area contributed by atoms with Gasteiger partial charge in [-0.2, -0.15) is 0 Å². The van der Waals surface area contributed by atoms with Crippen LogP contribution in [0, 0.1) is 5.41 Å². The number of hydrogen-bond acceptors (Lipinski definition) is 3. The predicted octanol–water partition coefficient (Wildman–Crippen LogP) is 1.66. The van der Waals surface area contributed by atoms with Crippen molar-refractivity contribution in [3.63, 3.8) is 0 Å². The lowest BCUT2D eigenvalue weighted by Gasteiger charge is -2.17. The van der Waals surface area contributed by atoms with Crippen molar-refractivity contribution >= 4 is 11.9 Å².